The summed E-state index contributed by atoms with van der Waals surface area (Å²) >= 11 is 0. The van der Waals surface area contributed by atoms with Crippen LogP contribution in [0.5, 0.6) is 0 Å². The van der Waals surface area contributed by atoms with Crippen LogP contribution >= 0.6 is 0 Å². The minimum atomic E-state index is 0.154. The summed E-state index contributed by atoms with van der Waals surface area (Å²) in [6.45, 7) is 4.80. The molecule has 1 aliphatic heterocycles. The number of nitrogens with two attached hydrogens (primary N) is 1. The Hall–Kier alpha value is -0.610. The van der Waals surface area contributed by atoms with Crippen molar-refractivity contribution in [2.75, 3.05) is 26.3 Å². The predicted octanol–water partition coefficient (Wildman–Crippen LogP) is 0.999. The number of carbonyl (C=O) groups is 1. The Morgan fingerprint density at radius 2 is 2.12 bits per heavy atom. The second kappa shape index (κ2) is 5.83. The van der Waals surface area contributed by atoms with Crippen LogP contribution in [0.4, 0.5) is 0 Å². The molecule has 2 rings (SSSR count). The van der Waals surface area contributed by atoms with Crippen LogP contribution in [0, 0.1) is 11.8 Å². The highest BCUT2D eigenvalue weighted by Crippen LogP contribution is 2.35. The summed E-state index contributed by atoms with van der Waals surface area (Å²) < 4.78 is 5.32. The Morgan fingerprint density at radius 3 is 2.88 bits per heavy atom. The van der Waals surface area contributed by atoms with Gasteiger partial charge in [0, 0.05) is 25.7 Å². The van der Waals surface area contributed by atoms with Crippen LogP contribution in [0.1, 0.15) is 32.6 Å². The van der Waals surface area contributed by atoms with E-state index in [0.29, 0.717) is 24.5 Å². The molecule has 1 saturated carbocycles. The fourth-order valence-corrected chi connectivity index (χ4v) is 3.07. The molecule has 1 aliphatic carbocycles. The third kappa shape index (κ3) is 3.19. The van der Waals surface area contributed by atoms with Crippen molar-refractivity contribution >= 4 is 5.91 Å². The van der Waals surface area contributed by atoms with Crippen LogP contribution in [0.2, 0.25) is 0 Å². The molecule has 0 radical (unpaired) electrons. The Morgan fingerprint density at radius 1 is 1.35 bits per heavy atom. The van der Waals surface area contributed by atoms with Gasteiger partial charge in [0.15, 0.2) is 0 Å². The monoisotopic (exact) mass is 240 g/mol. The highest BCUT2D eigenvalue weighted by Gasteiger charge is 2.38. The zero-order chi connectivity index (χ0) is 12.3. The lowest BCUT2D eigenvalue weighted by Crippen LogP contribution is -2.33. The van der Waals surface area contributed by atoms with E-state index >= 15 is 0 Å². The van der Waals surface area contributed by atoms with Gasteiger partial charge in [0.25, 0.3) is 0 Å². The second-order valence-electron chi connectivity index (χ2n) is 5.44. The average molecular weight is 240 g/mol. The maximum absolute atomic E-state index is 11.9. The molecule has 0 spiro atoms. The molecule has 1 saturated heterocycles. The van der Waals surface area contributed by atoms with Crippen molar-refractivity contribution in [1.82, 2.24) is 4.90 Å². The topological polar surface area (TPSA) is 55.6 Å². The third-order valence-electron chi connectivity index (χ3n) is 4.02. The Bertz CT molecular complexity index is 270. The number of fused-ring (bicyclic) bond motifs is 1. The van der Waals surface area contributed by atoms with Crippen LogP contribution in [-0.4, -0.2) is 43.2 Å². The zero-order valence-corrected chi connectivity index (χ0v) is 10.7. The first-order valence-electron chi connectivity index (χ1n) is 6.81. The van der Waals surface area contributed by atoms with Crippen molar-refractivity contribution < 1.29 is 9.53 Å². The first-order chi connectivity index (χ1) is 8.20. The van der Waals surface area contributed by atoms with E-state index in [9.17, 15) is 4.79 Å². The summed E-state index contributed by atoms with van der Waals surface area (Å²) in [5.41, 5.74) is 5.98. The molecule has 4 nitrogen and oxygen atoms in total. The van der Waals surface area contributed by atoms with E-state index in [4.69, 9.17) is 10.5 Å². The Kier molecular flexibility index (Phi) is 4.40. The summed E-state index contributed by atoms with van der Waals surface area (Å²) in [7, 11) is 0. The smallest absolute Gasteiger partial charge is 0.248 e. The fraction of sp³-hybridized carbons (Fsp3) is 0.923. The van der Waals surface area contributed by atoms with Gasteiger partial charge < -0.3 is 15.4 Å². The molecule has 2 aliphatic rings. The molecule has 3 atom stereocenters. The predicted molar refractivity (Wildman–Crippen MR) is 66.5 cm³/mol. The number of hydrogen-bond acceptors (Lipinski definition) is 3. The van der Waals surface area contributed by atoms with Gasteiger partial charge in [-0.15, -0.1) is 0 Å². The molecule has 1 amide bonds. The number of amides is 1. The number of rotatable bonds is 4. The Labute approximate surface area is 103 Å². The summed E-state index contributed by atoms with van der Waals surface area (Å²) in [6, 6.07) is 0.350. The van der Waals surface area contributed by atoms with Crippen molar-refractivity contribution in [3.8, 4) is 0 Å². The van der Waals surface area contributed by atoms with Crippen LogP contribution in [0.3, 0.4) is 0 Å². The fourth-order valence-electron chi connectivity index (χ4n) is 3.07. The summed E-state index contributed by atoms with van der Waals surface area (Å²) in [5.74, 6) is 1.47. The lowest BCUT2D eigenvalue weighted by atomic mass is 9.79. The minimum Gasteiger partial charge on any atom is -0.372 e. The van der Waals surface area contributed by atoms with E-state index in [-0.39, 0.29) is 12.5 Å². The molecule has 2 N–H and O–H groups in total. The zero-order valence-electron chi connectivity index (χ0n) is 10.7. The van der Waals surface area contributed by atoms with Gasteiger partial charge in [0.05, 0.1) is 0 Å². The molecule has 1 unspecified atom stereocenters. The maximum atomic E-state index is 11.9. The molecule has 0 aromatic heterocycles. The van der Waals surface area contributed by atoms with Crippen molar-refractivity contribution in [2.24, 2.45) is 17.6 Å². The summed E-state index contributed by atoms with van der Waals surface area (Å²) in [4.78, 5) is 13.9. The van der Waals surface area contributed by atoms with Gasteiger partial charge >= 0.3 is 0 Å². The van der Waals surface area contributed by atoms with E-state index in [1.807, 2.05) is 4.90 Å². The number of likely N-dealkylation sites (tertiary alicyclic amines) is 1. The van der Waals surface area contributed by atoms with E-state index in [1.165, 1.54) is 6.42 Å². The van der Waals surface area contributed by atoms with Crippen molar-refractivity contribution in [3.63, 3.8) is 0 Å². The van der Waals surface area contributed by atoms with Gasteiger partial charge in [-0.25, -0.2) is 0 Å². The average Bonchev–Trinajstić information content (AvgIpc) is 2.72. The quantitative estimate of drug-likeness (QED) is 0.746. The van der Waals surface area contributed by atoms with Crippen molar-refractivity contribution in [2.45, 2.75) is 38.6 Å². The SMILES string of the molecule is CCCOCC(=O)N1C[C@H]2CCC(N)C[C@H]2C1. The van der Waals surface area contributed by atoms with E-state index < -0.39 is 0 Å². The molecular formula is C13H24N2O2. The number of hydrogen-bond donors (Lipinski definition) is 1. The molecule has 1 heterocycles. The number of ether oxygens (including phenoxy) is 1. The van der Waals surface area contributed by atoms with Crippen LogP contribution in [0.25, 0.3) is 0 Å². The van der Waals surface area contributed by atoms with Crippen molar-refractivity contribution in [1.29, 1.82) is 0 Å². The molecule has 17 heavy (non-hydrogen) atoms. The highest BCUT2D eigenvalue weighted by molar-refractivity contribution is 5.77. The number of carbonyl (C=O) groups excluding carboxylic acids is 1. The summed E-state index contributed by atoms with van der Waals surface area (Å²) in [5, 5.41) is 0. The molecular weight excluding hydrogens is 216 g/mol. The lowest BCUT2D eigenvalue weighted by molar-refractivity contribution is -0.135. The molecule has 2 fully saturated rings. The van der Waals surface area contributed by atoms with Crippen LogP contribution in [-0.2, 0) is 9.53 Å². The highest BCUT2D eigenvalue weighted by atomic mass is 16.5. The van der Waals surface area contributed by atoms with E-state index in [0.717, 1.165) is 32.4 Å². The normalized spacial score (nSPS) is 32.6. The number of nitrogens with zero attached hydrogens (tertiary/aromatic N) is 1. The molecule has 0 aromatic carbocycles. The van der Waals surface area contributed by atoms with Gasteiger partial charge in [-0.3, -0.25) is 4.79 Å². The van der Waals surface area contributed by atoms with Crippen LogP contribution in [0.15, 0.2) is 0 Å². The first-order valence-corrected chi connectivity index (χ1v) is 6.81. The van der Waals surface area contributed by atoms with Gasteiger partial charge in [-0.1, -0.05) is 6.92 Å². The standard InChI is InChI=1S/C13H24N2O2/c1-2-5-17-9-13(16)15-7-10-3-4-12(14)6-11(10)8-15/h10-12H,2-9,14H2,1H3/t10-,11+,12?/m1/s1. The first kappa shape index (κ1) is 12.8. The largest absolute Gasteiger partial charge is 0.372 e. The van der Waals surface area contributed by atoms with Gasteiger partial charge in [-0.05, 0) is 37.5 Å². The maximum Gasteiger partial charge on any atom is 0.248 e. The van der Waals surface area contributed by atoms with E-state index in [2.05, 4.69) is 6.92 Å². The van der Waals surface area contributed by atoms with Crippen molar-refractivity contribution in [3.05, 3.63) is 0 Å². The second-order valence-corrected chi connectivity index (χ2v) is 5.44. The van der Waals surface area contributed by atoms with Crippen LogP contribution < -0.4 is 5.73 Å². The third-order valence-corrected chi connectivity index (χ3v) is 4.02. The molecule has 4 heteroatoms. The molecule has 0 bridgehead atoms. The van der Waals surface area contributed by atoms with Gasteiger partial charge in [0.1, 0.15) is 6.61 Å². The Balaban J connectivity index is 1.78. The lowest BCUT2D eigenvalue weighted by Gasteiger charge is -2.27. The summed E-state index contributed by atoms with van der Waals surface area (Å²) in [6.07, 6.45) is 4.36. The molecule has 0 aromatic rings. The molecule has 98 valence electrons. The van der Waals surface area contributed by atoms with Gasteiger partial charge in [-0.2, -0.15) is 0 Å². The van der Waals surface area contributed by atoms with Gasteiger partial charge in [0.2, 0.25) is 5.91 Å². The van der Waals surface area contributed by atoms with E-state index in [1.54, 1.807) is 0 Å². The minimum absolute atomic E-state index is 0.154.